The van der Waals surface area contributed by atoms with Crippen LogP contribution in [-0.4, -0.2) is 18.5 Å². The topological polar surface area (TPSA) is 3.24 Å². The van der Waals surface area contributed by atoms with Crippen LogP contribution in [0.1, 0.15) is 43.7 Å². The Hall–Kier alpha value is -1.57. The summed E-state index contributed by atoms with van der Waals surface area (Å²) >= 11 is 0. The van der Waals surface area contributed by atoms with Crippen LogP contribution >= 0.6 is 12.4 Å². The average molecular weight is 356 g/mol. The summed E-state index contributed by atoms with van der Waals surface area (Å²) in [5.41, 5.74) is 2.81. The fourth-order valence-electron chi connectivity index (χ4n) is 3.68. The highest BCUT2D eigenvalue weighted by Crippen LogP contribution is 2.39. The molecule has 1 fully saturated rings. The first-order chi connectivity index (χ1) is 11.7. The van der Waals surface area contributed by atoms with Gasteiger partial charge in [-0.3, -0.25) is 4.90 Å². The third kappa shape index (κ3) is 4.96. The standard InChI is InChI=1S/C23H29N.ClH/c1-3-23(22-14-8-5-9-15-22,24(2)19-21-16-17-21)18-10-13-20-11-6-4-7-12-20;/h4-15,21H,3,16-19H2,1-2H3;1H/b13-10-;. The zero-order chi connectivity index (χ0) is 16.8. The van der Waals surface area contributed by atoms with Crippen LogP contribution in [0, 0.1) is 5.92 Å². The molecule has 0 aromatic heterocycles. The molecule has 0 radical (unpaired) electrons. The second-order valence-corrected chi connectivity index (χ2v) is 7.09. The Morgan fingerprint density at radius 1 is 1.00 bits per heavy atom. The van der Waals surface area contributed by atoms with E-state index < -0.39 is 0 Å². The molecule has 0 heterocycles. The first kappa shape index (κ1) is 19.8. The molecule has 1 saturated carbocycles. The molecule has 0 N–H and O–H groups in total. The van der Waals surface area contributed by atoms with Crippen LogP contribution in [0.4, 0.5) is 0 Å². The Morgan fingerprint density at radius 3 is 2.16 bits per heavy atom. The van der Waals surface area contributed by atoms with Crippen molar-refractivity contribution in [3.63, 3.8) is 0 Å². The molecule has 1 aliphatic carbocycles. The summed E-state index contributed by atoms with van der Waals surface area (Å²) in [7, 11) is 2.31. The Balaban J connectivity index is 0.00000225. The second-order valence-electron chi connectivity index (χ2n) is 7.09. The lowest BCUT2D eigenvalue weighted by atomic mass is 9.82. The van der Waals surface area contributed by atoms with Crippen LogP contribution in [0.5, 0.6) is 0 Å². The van der Waals surface area contributed by atoms with Crippen LogP contribution in [0.15, 0.2) is 66.7 Å². The van der Waals surface area contributed by atoms with Gasteiger partial charge in [0.05, 0.1) is 0 Å². The summed E-state index contributed by atoms with van der Waals surface area (Å²) < 4.78 is 0. The molecule has 0 aliphatic heterocycles. The molecule has 2 heteroatoms. The normalized spacial score (nSPS) is 16.6. The van der Waals surface area contributed by atoms with Gasteiger partial charge in [-0.2, -0.15) is 0 Å². The lowest BCUT2D eigenvalue weighted by Gasteiger charge is -2.42. The molecule has 1 atom stereocenters. The maximum atomic E-state index is 2.61. The van der Waals surface area contributed by atoms with Crippen LogP contribution in [0.3, 0.4) is 0 Å². The first-order valence-electron chi connectivity index (χ1n) is 9.23. The Kier molecular flexibility index (Phi) is 7.28. The summed E-state index contributed by atoms with van der Waals surface area (Å²) in [4.78, 5) is 2.61. The number of rotatable bonds is 8. The minimum atomic E-state index is 0. The average Bonchev–Trinajstić information content (AvgIpc) is 3.44. The van der Waals surface area contributed by atoms with Gasteiger partial charge in [0, 0.05) is 12.1 Å². The van der Waals surface area contributed by atoms with Gasteiger partial charge in [-0.15, -0.1) is 12.4 Å². The predicted octanol–water partition coefficient (Wildman–Crippen LogP) is 6.16. The van der Waals surface area contributed by atoms with E-state index in [1.165, 1.54) is 30.5 Å². The van der Waals surface area contributed by atoms with E-state index in [9.17, 15) is 0 Å². The van der Waals surface area contributed by atoms with Crippen molar-refractivity contribution < 1.29 is 0 Å². The van der Waals surface area contributed by atoms with E-state index in [-0.39, 0.29) is 17.9 Å². The van der Waals surface area contributed by atoms with Crippen molar-refractivity contribution in [3.05, 3.63) is 77.9 Å². The van der Waals surface area contributed by atoms with E-state index in [1.807, 2.05) is 0 Å². The van der Waals surface area contributed by atoms with Crippen molar-refractivity contribution in [1.29, 1.82) is 0 Å². The van der Waals surface area contributed by atoms with Gasteiger partial charge in [0.2, 0.25) is 0 Å². The number of nitrogens with zero attached hydrogens (tertiary/aromatic N) is 1. The predicted molar refractivity (Wildman–Crippen MR) is 111 cm³/mol. The highest BCUT2D eigenvalue weighted by atomic mass is 35.5. The Bertz CT molecular complexity index is 648. The van der Waals surface area contributed by atoms with E-state index in [1.54, 1.807) is 0 Å². The molecule has 25 heavy (non-hydrogen) atoms. The van der Waals surface area contributed by atoms with Crippen molar-refractivity contribution in [2.45, 2.75) is 38.1 Å². The molecule has 1 nitrogen and oxygen atoms in total. The summed E-state index contributed by atoms with van der Waals surface area (Å²) in [6, 6.07) is 21.7. The first-order valence-corrected chi connectivity index (χ1v) is 9.23. The molecule has 0 spiro atoms. The second kappa shape index (κ2) is 9.22. The van der Waals surface area contributed by atoms with Crippen molar-refractivity contribution >= 4 is 18.5 Å². The minimum absolute atomic E-state index is 0. The van der Waals surface area contributed by atoms with Gasteiger partial charge in [0.25, 0.3) is 0 Å². The maximum absolute atomic E-state index is 2.61. The highest BCUT2D eigenvalue weighted by molar-refractivity contribution is 5.85. The van der Waals surface area contributed by atoms with Crippen molar-refractivity contribution in [3.8, 4) is 0 Å². The monoisotopic (exact) mass is 355 g/mol. The van der Waals surface area contributed by atoms with Crippen LogP contribution in [0.2, 0.25) is 0 Å². The molecule has 134 valence electrons. The van der Waals surface area contributed by atoms with Gasteiger partial charge >= 0.3 is 0 Å². The van der Waals surface area contributed by atoms with Gasteiger partial charge < -0.3 is 0 Å². The number of hydrogen-bond donors (Lipinski definition) is 0. The van der Waals surface area contributed by atoms with Gasteiger partial charge in [0.1, 0.15) is 0 Å². The van der Waals surface area contributed by atoms with Gasteiger partial charge in [-0.1, -0.05) is 79.7 Å². The molecule has 0 amide bonds. The molecule has 1 unspecified atom stereocenters. The summed E-state index contributed by atoms with van der Waals surface area (Å²) in [6.07, 6.45) is 9.59. The van der Waals surface area contributed by atoms with Crippen molar-refractivity contribution in [2.75, 3.05) is 13.6 Å². The highest BCUT2D eigenvalue weighted by Gasteiger charge is 2.36. The lowest BCUT2D eigenvalue weighted by molar-refractivity contribution is 0.108. The largest absolute Gasteiger partial charge is 0.296 e. The smallest absolute Gasteiger partial charge is 0.0489 e. The third-order valence-electron chi connectivity index (χ3n) is 5.42. The van der Waals surface area contributed by atoms with E-state index in [0.717, 1.165) is 18.8 Å². The minimum Gasteiger partial charge on any atom is -0.296 e. The van der Waals surface area contributed by atoms with E-state index >= 15 is 0 Å². The quantitative estimate of drug-likeness (QED) is 0.548. The SMILES string of the molecule is CCC(C/C=C\c1ccccc1)(c1ccccc1)N(C)CC1CC1.Cl. The number of benzene rings is 2. The van der Waals surface area contributed by atoms with Gasteiger partial charge in [-0.25, -0.2) is 0 Å². The summed E-state index contributed by atoms with van der Waals surface area (Å²) in [6.45, 7) is 3.54. The van der Waals surface area contributed by atoms with E-state index in [2.05, 4.69) is 91.7 Å². The van der Waals surface area contributed by atoms with E-state index in [4.69, 9.17) is 0 Å². The Labute approximate surface area is 159 Å². The number of hydrogen-bond acceptors (Lipinski definition) is 1. The molecule has 2 aromatic rings. The third-order valence-corrected chi connectivity index (χ3v) is 5.42. The zero-order valence-corrected chi connectivity index (χ0v) is 16.2. The molecule has 1 aliphatic rings. The van der Waals surface area contributed by atoms with Crippen molar-refractivity contribution in [1.82, 2.24) is 4.90 Å². The number of halogens is 1. The molecule has 0 bridgehead atoms. The summed E-state index contributed by atoms with van der Waals surface area (Å²) in [5, 5.41) is 0. The lowest BCUT2D eigenvalue weighted by Crippen LogP contribution is -2.44. The van der Waals surface area contributed by atoms with Gasteiger partial charge in [0.15, 0.2) is 0 Å². The molecular weight excluding hydrogens is 326 g/mol. The molecular formula is C23H30ClN. The van der Waals surface area contributed by atoms with Crippen LogP contribution < -0.4 is 0 Å². The van der Waals surface area contributed by atoms with E-state index in [0.29, 0.717) is 0 Å². The van der Waals surface area contributed by atoms with Gasteiger partial charge in [-0.05, 0) is 49.8 Å². The molecule has 3 rings (SSSR count). The zero-order valence-electron chi connectivity index (χ0n) is 15.4. The molecule has 2 aromatic carbocycles. The summed E-state index contributed by atoms with van der Waals surface area (Å²) in [5.74, 6) is 0.905. The molecule has 0 saturated heterocycles. The Morgan fingerprint density at radius 2 is 1.60 bits per heavy atom. The van der Waals surface area contributed by atoms with Crippen LogP contribution in [-0.2, 0) is 5.54 Å². The van der Waals surface area contributed by atoms with Crippen LogP contribution in [0.25, 0.3) is 6.08 Å². The fourth-order valence-corrected chi connectivity index (χ4v) is 3.68. The maximum Gasteiger partial charge on any atom is 0.0489 e. The fraction of sp³-hybridized carbons (Fsp3) is 0.391. The van der Waals surface area contributed by atoms with Crippen molar-refractivity contribution in [2.24, 2.45) is 5.92 Å².